The maximum absolute atomic E-state index is 16.0. The number of quaternary nitrogens is 1. The van der Waals surface area contributed by atoms with Gasteiger partial charge in [-0.3, -0.25) is 42.9 Å². The third-order valence-electron chi connectivity index (χ3n) is 22.7. The molecule has 0 spiro atoms. The number of rotatable bonds is 50. The van der Waals surface area contributed by atoms with Gasteiger partial charge in [-0.05, 0) is 99.8 Å². The van der Waals surface area contributed by atoms with Crippen molar-refractivity contribution in [2.24, 2.45) is 16.7 Å². The number of unbranched alkanes of at least 4 members (excludes halogenated alkanes) is 18. The molecule has 2 bridgehead atoms. The minimum absolute atomic E-state index is 0.0125. The molecule has 116 heavy (non-hydrogen) atoms. The molecule has 1 aliphatic heterocycles. The van der Waals surface area contributed by atoms with E-state index in [9.17, 15) is 58.0 Å². The lowest BCUT2D eigenvalue weighted by Gasteiger charge is -2.67. The molecule has 13 atom stereocenters. The Bertz CT molecular complexity index is 3830. The molecule has 3 aromatic carbocycles. The number of nitrogens with one attached hydrogen (secondary N) is 2. The first-order valence-electron chi connectivity index (χ1n) is 41.6. The van der Waals surface area contributed by atoms with Crippen LogP contribution in [0, 0.1) is 16.7 Å². The van der Waals surface area contributed by atoms with Crippen LogP contribution in [0.15, 0.2) is 114 Å². The normalized spacial score (nSPS) is 23.4. The van der Waals surface area contributed by atoms with E-state index in [1.54, 1.807) is 66.7 Å². The Kier molecular flexibility index (Phi) is 37.6. The molecule has 0 aromatic heterocycles. The highest BCUT2D eigenvalue weighted by atomic mass is 31.2. The monoisotopic (exact) mass is 1640 g/mol. The minimum atomic E-state index is -4.78. The summed E-state index contributed by atoms with van der Waals surface area (Å²) in [6.07, 6.45) is 11.8. The zero-order valence-electron chi connectivity index (χ0n) is 69.6. The van der Waals surface area contributed by atoms with Gasteiger partial charge in [0.25, 0.3) is 13.7 Å². The van der Waals surface area contributed by atoms with Gasteiger partial charge in [-0.2, -0.15) is 0 Å². The number of ether oxygens (including phenoxy) is 8. The van der Waals surface area contributed by atoms with E-state index < -0.39 is 163 Å². The van der Waals surface area contributed by atoms with Crippen molar-refractivity contribution in [1.29, 1.82) is 0 Å². The largest absolute Gasteiger partial charge is 0.756 e. The van der Waals surface area contributed by atoms with Gasteiger partial charge in [-0.15, -0.1) is 0 Å². The Morgan fingerprint density at radius 3 is 1.78 bits per heavy atom. The van der Waals surface area contributed by atoms with Crippen molar-refractivity contribution >= 4 is 67.2 Å². The van der Waals surface area contributed by atoms with Gasteiger partial charge in [-0.1, -0.05) is 190 Å². The lowest BCUT2D eigenvalue weighted by atomic mass is 9.44. The van der Waals surface area contributed by atoms with Crippen LogP contribution in [0.25, 0.3) is 0 Å². The van der Waals surface area contributed by atoms with Crippen molar-refractivity contribution in [3.63, 3.8) is 0 Å². The number of carbonyl (C=O) groups is 10. The summed E-state index contributed by atoms with van der Waals surface area (Å²) in [4.78, 5) is 153. The van der Waals surface area contributed by atoms with Crippen molar-refractivity contribution in [1.82, 2.24) is 10.6 Å². The summed E-state index contributed by atoms with van der Waals surface area (Å²) >= 11 is 0. The zero-order valence-corrected chi connectivity index (χ0v) is 70.5. The van der Waals surface area contributed by atoms with Crippen LogP contribution in [0.4, 0.5) is 0 Å². The van der Waals surface area contributed by atoms with E-state index in [4.69, 9.17) is 46.9 Å². The van der Waals surface area contributed by atoms with Gasteiger partial charge in [0, 0.05) is 63.5 Å². The van der Waals surface area contributed by atoms with Gasteiger partial charge in [-0.25, -0.2) is 9.59 Å². The van der Waals surface area contributed by atoms with Crippen LogP contribution < -0.4 is 15.5 Å². The van der Waals surface area contributed by atoms with Crippen molar-refractivity contribution in [2.45, 2.75) is 282 Å². The molecule has 4 N–H and O–H groups in total. The molecule has 28 heteroatoms. The van der Waals surface area contributed by atoms with Gasteiger partial charge >= 0.3 is 41.8 Å². The lowest BCUT2D eigenvalue weighted by Crippen LogP contribution is -2.82. The van der Waals surface area contributed by atoms with Crippen LogP contribution in [0.5, 0.6) is 0 Å². The second kappa shape index (κ2) is 45.8. The summed E-state index contributed by atoms with van der Waals surface area (Å²) < 4.78 is 71.5. The van der Waals surface area contributed by atoms with E-state index in [0.717, 1.165) is 84.5 Å². The molecule has 1 heterocycles. The number of carbonyl (C=O) groups excluding carboxylic acids is 10. The molecule has 0 radical (unpaired) electrons. The predicted molar refractivity (Wildman–Crippen MR) is 428 cm³/mol. The highest BCUT2D eigenvalue weighted by Gasteiger charge is 2.78. The number of nitrogens with zero attached hydrogens (tertiary/aromatic N) is 1. The number of likely N-dealkylation sites (N-methyl/N-ethyl adjacent to an activating group) is 1. The standard InChI is InChI=1S/C88H126N3O24P/c1-11-12-13-14-15-16-17-18-19-20-21-22-25-28-40-49-72(96)106-58-67(59-109-116(104,105)108-55-54-91(8,9)10)111-73(97)50-41-29-26-23-24-27-30-42-53-89-71(95)51-52-74(98)113-78(76(64-43-34-31-35-44-64)90-82(100)65-45-36-32-37-46-65)84(102)112-68-57-88(103)81(114-83(101)66-47-38-33-39-48-66)79-86(7,69(94)56-70-87(79,60-107-70)115-63(4)93)80(99)77(110-62(3)92)75(61(68)2)85(88,5)6/h18-19,31-39,43-48,67-70,76-79,81,94,103H,11-17,20-30,40-42,49-60H2,1-10H3,(H2-,89,90,95,100,104,105)/b19-18-/t67?,68-,69-,70+,76-,77+,78+,79-,81-,86+,87-,88+/m0/s1. The molecule has 3 aliphatic carbocycles. The second-order valence-corrected chi connectivity index (χ2v) is 34.4. The van der Waals surface area contributed by atoms with Crippen LogP contribution >= 0.6 is 7.82 Å². The number of esters is 7. The maximum atomic E-state index is 16.0. The fraction of sp³-hybridized carbons (Fsp3) is 0.636. The molecule has 642 valence electrons. The first kappa shape index (κ1) is 95.1. The molecule has 3 fully saturated rings. The Morgan fingerprint density at radius 2 is 1.22 bits per heavy atom. The number of hydrogen-bond acceptors (Lipinski definition) is 24. The number of allylic oxidation sites excluding steroid dienone is 2. The average molecular weight is 1640 g/mol. The van der Waals surface area contributed by atoms with E-state index in [0.29, 0.717) is 36.7 Å². The van der Waals surface area contributed by atoms with Crippen molar-refractivity contribution in [2.75, 3.05) is 60.7 Å². The summed E-state index contributed by atoms with van der Waals surface area (Å²) in [6.45, 7) is 9.54. The number of fused-ring (bicyclic) bond motifs is 5. The Morgan fingerprint density at radius 1 is 0.664 bits per heavy atom. The predicted octanol–water partition coefficient (Wildman–Crippen LogP) is 12.4. The number of hydrogen-bond donors (Lipinski definition) is 4. The fourth-order valence-electron chi connectivity index (χ4n) is 16.1. The summed E-state index contributed by atoms with van der Waals surface area (Å²) in [5.41, 5.74) is -7.92. The molecule has 2 unspecified atom stereocenters. The molecule has 7 rings (SSSR count). The van der Waals surface area contributed by atoms with Gasteiger partial charge in [0.2, 0.25) is 12.0 Å². The van der Waals surface area contributed by atoms with Crippen LogP contribution in [0.2, 0.25) is 0 Å². The third-order valence-corrected chi connectivity index (χ3v) is 23.7. The van der Waals surface area contributed by atoms with Crippen molar-refractivity contribution in [3.05, 3.63) is 131 Å². The first-order chi connectivity index (χ1) is 55.2. The van der Waals surface area contributed by atoms with Crippen LogP contribution in [-0.2, 0) is 89.9 Å². The van der Waals surface area contributed by atoms with Gasteiger partial charge in [0.05, 0.1) is 63.8 Å². The number of phosphoric ester groups is 1. The van der Waals surface area contributed by atoms with Gasteiger partial charge in [0.15, 0.2) is 23.6 Å². The van der Waals surface area contributed by atoms with Gasteiger partial charge < -0.3 is 77.2 Å². The first-order valence-corrected chi connectivity index (χ1v) is 43.0. The fourth-order valence-corrected chi connectivity index (χ4v) is 16.8. The molecular weight excluding hydrogens is 1510 g/mol. The Balaban J connectivity index is 0.945. The molecule has 2 amide bonds. The third kappa shape index (κ3) is 27.5. The number of amides is 2. The molecule has 1 saturated heterocycles. The summed E-state index contributed by atoms with van der Waals surface area (Å²) in [5, 5.41) is 32.2. The Labute approximate surface area is 683 Å². The topological polar surface area (TPSA) is 368 Å². The number of aliphatic hydroxyl groups excluding tert-OH is 1. The molecule has 4 aliphatic rings. The minimum Gasteiger partial charge on any atom is -0.756 e. The summed E-state index contributed by atoms with van der Waals surface area (Å²) in [6, 6.07) is 22.3. The van der Waals surface area contributed by atoms with E-state index in [1.807, 2.05) is 21.1 Å². The van der Waals surface area contributed by atoms with Gasteiger partial charge in [0.1, 0.15) is 49.7 Å². The zero-order chi connectivity index (χ0) is 84.7. The lowest BCUT2D eigenvalue weighted by molar-refractivity contribution is -0.870. The number of benzene rings is 3. The van der Waals surface area contributed by atoms with Crippen LogP contribution in [0.3, 0.4) is 0 Å². The highest BCUT2D eigenvalue weighted by molar-refractivity contribution is 7.45. The second-order valence-electron chi connectivity index (χ2n) is 33.0. The highest BCUT2D eigenvalue weighted by Crippen LogP contribution is 2.65. The summed E-state index contributed by atoms with van der Waals surface area (Å²) in [7, 11) is 0.873. The molecule has 27 nitrogen and oxygen atoms in total. The Hall–Kier alpha value is -8.01. The maximum Gasteiger partial charge on any atom is 0.350 e. The number of phosphoric acid groups is 1. The average Bonchev–Trinajstić information content (AvgIpc) is 0.668. The van der Waals surface area contributed by atoms with E-state index in [-0.39, 0.29) is 79.9 Å². The van der Waals surface area contributed by atoms with E-state index in [2.05, 4.69) is 29.7 Å². The molecular formula is C88H126N3O24P. The van der Waals surface area contributed by atoms with Crippen molar-refractivity contribution in [3.8, 4) is 0 Å². The van der Waals surface area contributed by atoms with E-state index in [1.165, 1.54) is 90.5 Å². The number of Topliss-reactive ketones (excluding diaryl/α,β-unsaturated/α-hetero) is 1. The van der Waals surface area contributed by atoms with E-state index >= 15 is 9.59 Å². The number of aliphatic hydroxyl groups is 2. The number of ketones is 1. The summed E-state index contributed by atoms with van der Waals surface area (Å²) in [5.74, 6) is -9.97. The van der Waals surface area contributed by atoms with Crippen LogP contribution in [0.1, 0.15) is 254 Å². The quantitative estimate of drug-likeness (QED) is 0.0102. The smallest absolute Gasteiger partial charge is 0.350 e. The van der Waals surface area contributed by atoms with Crippen molar-refractivity contribution < 1.29 is 119 Å². The SMILES string of the molecule is CCCCCCCC/C=C\CCCCCCCC(=O)OCC(COP(=O)([O-])OCC[N+](C)(C)C)OC(=O)CCCCCCCCCCNC(=O)CCC(=O)O[C@@H](C(=O)O[C@H]1C[C@@]2(O)[C@@H](OC(=O)c3ccccc3)[C@@H]3[C@]4(OC(C)=O)CO[C@@H]4C[C@H](O)[C@@]3(C)C(=O)[C@H](OC(C)=O)C(=C1C)C2(C)C)[C@@H](NC(=O)c1ccccc1)c1ccccc1. The molecule has 2 saturated carbocycles. The van der Waals surface area contributed by atoms with Crippen LogP contribution in [-0.4, -0.2) is 189 Å². The molecule has 3 aromatic rings.